The normalized spacial score (nSPS) is 18.6. The molecule has 3 heterocycles. The molecule has 0 bridgehead atoms. The Morgan fingerprint density at radius 2 is 1.73 bits per heavy atom. The van der Waals surface area contributed by atoms with E-state index >= 15 is 0 Å². The van der Waals surface area contributed by atoms with E-state index in [-0.39, 0.29) is 12.1 Å². The van der Waals surface area contributed by atoms with Crippen molar-refractivity contribution in [1.82, 2.24) is 34.6 Å². The molecular formula is C23H37N7O3. The van der Waals surface area contributed by atoms with Crippen LogP contribution in [-0.2, 0) is 20.1 Å². The fourth-order valence-electron chi connectivity index (χ4n) is 5.05. The molecule has 1 aliphatic heterocycles. The first kappa shape index (κ1) is 23.5. The van der Waals surface area contributed by atoms with Crippen LogP contribution in [0.3, 0.4) is 0 Å². The van der Waals surface area contributed by atoms with Crippen molar-refractivity contribution in [2.75, 3.05) is 13.1 Å². The van der Waals surface area contributed by atoms with Crippen molar-refractivity contribution in [3.8, 4) is 0 Å². The number of carbonyl (C=O) groups excluding carboxylic acids is 1. The third-order valence-electron chi connectivity index (χ3n) is 7.07. The molecular weight excluding hydrogens is 422 g/mol. The Balaban J connectivity index is 1.36. The molecule has 33 heavy (non-hydrogen) atoms. The fourth-order valence-corrected chi connectivity index (χ4v) is 5.05. The second-order valence-electron chi connectivity index (χ2n) is 9.53. The minimum absolute atomic E-state index is 0.0417. The number of rotatable bonds is 7. The van der Waals surface area contributed by atoms with E-state index in [0.29, 0.717) is 30.3 Å². The maximum absolute atomic E-state index is 12.5. The maximum Gasteiger partial charge on any atom is 0.330 e. The number of carbonyl (C=O) groups is 1. The highest BCUT2D eigenvalue weighted by molar-refractivity contribution is 5.74. The van der Waals surface area contributed by atoms with Crippen LogP contribution < -0.4 is 21.9 Å². The first-order valence-electron chi connectivity index (χ1n) is 12.4. The molecule has 1 aliphatic carbocycles. The first-order valence-corrected chi connectivity index (χ1v) is 12.4. The summed E-state index contributed by atoms with van der Waals surface area (Å²) in [5.74, 6) is 0.771. The monoisotopic (exact) mass is 459 g/mol. The average molecular weight is 460 g/mol. The lowest BCUT2D eigenvalue weighted by Gasteiger charge is -2.32. The molecule has 2 amide bonds. The van der Waals surface area contributed by atoms with Gasteiger partial charge in [-0.15, -0.1) is 0 Å². The molecule has 3 N–H and O–H groups in total. The van der Waals surface area contributed by atoms with Crippen LogP contribution in [0.2, 0.25) is 0 Å². The summed E-state index contributed by atoms with van der Waals surface area (Å²) in [5, 5.41) is 6.27. The van der Waals surface area contributed by atoms with Crippen molar-refractivity contribution >= 4 is 17.2 Å². The Hall–Kier alpha value is -2.62. The zero-order valence-corrected chi connectivity index (χ0v) is 19.9. The number of aryl methyl sites for hydroxylation is 2. The van der Waals surface area contributed by atoms with E-state index in [2.05, 4.69) is 27.4 Å². The van der Waals surface area contributed by atoms with Gasteiger partial charge in [-0.2, -0.15) is 0 Å². The zero-order chi connectivity index (χ0) is 23.4. The number of fused-ring (bicyclic) bond motifs is 1. The van der Waals surface area contributed by atoms with E-state index in [1.165, 1.54) is 19.3 Å². The lowest BCUT2D eigenvalue weighted by atomic mass is 9.96. The largest absolute Gasteiger partial charge is 0.335 e. The van der Waals surface area contributed by atoms with Gasteiger partial charge in [-0.25, -0.2) is 14.6 Å². The molecule has 0 aromatic carbocycles. The highest BCUT2D eigenvalue weighted by Gasteiger charge is 2.24. The van der Waals surface area contributed by atoms with Crippen molar-refractivity contribution in [3.63, 3.8) is 0 Å². The van der Waals surface area contributed by atoms with Crippen LogP contribution in [0.4, 0.5) is 4.79 Å². The summed E-state index contributed by atoms with van der Waals surface area (Å²) in [6.07, 6.45) is 9.40. The Labute approximate surface area is 193 Å². The van der Waals surface area contributed by atoms with E-state index in [9.17, 15) is 14.4 Å². The van der Waals surface area contributed by atoms with Gasteiger partial charge in [-0.05, 0) is 32.1 Å². The summed E-state index contributed by atoms with van der Waals surface area (Å²) in [6.45, 7) is 4.90. The predicted molar refractivity (Wildman–Crippen MR) is 127 cm³/mol. The molecule has 0 spiro atoms. The Morgan fingerprint density at radius 1 is 1.06 bits per heavy atom. The van der Waals surface area contributed by atoms with Gasteiger partial charge in [0.05, 0.1) is 6.54 Å². The number of H-pyrrole nitrogens is 1. The summed E-state index contributed by atoms with van der Waals surface area (Å²) in [5.41, 5.74) is 0.113. The quantitative estimate of drug-likeness (QED) is 0.584. The number of amides is 2. The molecule has 2 aromatic rings. The minimum atomic E-state index is -0.399. The van der Waals surface area contributed by atoms with Gasteiger partial charge in [0.1, 0.15) is 5.82 Å². The number of hydrogen-bond acceptors (Lipinski definition) is 5. The van der Waals surface area contributed by atoms with Gasteiger partial charge >= 0.3 is 11.7 Å². The topological polar surface area (TPSA) is 117 Å². The Bertz CT molecular complexity index is 1070. The SMILES string of the molecule is CCCCn1c(=O)[nH]c(=O)c2c1nc(CN1CCC(NC(=O)NC3CCCCC3)CC1)n2C. The third kappa shape index (κ3) is 5.48. The van der Waals surface area contributed by atoms with Crippen molar-refractivity contribution in [1.29, 1.82) is 0 Å². The average Bonchev–Trinajstić information content (AvgIpc) is 3.12. The standard InChI is InChI=1S/C23H37N7O3/c1-3-4-12-30-20-19(21(31)27-23(30)33)28(2)18(26-20)15-29-13-10-17(11-14-29)25-22(32)24-16-8-6-5-7-9-16/h16-17H,3-15H2,1-2H3,(H2,24,25,32)(H,27,31,33). The van der Waals surface area contributed by atoms with Crippen LogP contribution in [0.1, 0.15) is 70.5 Å². The molecule has 10 heteroatoms. The highest BCUT2D eigenvalue weighted by atomic mass is 16.2. The molecule has 2 fully saturated rings. The molecule has 0 atom stereocenters. The van der Waals surface area contributed by atoms with Gasteiger partial charge in [0.25, 0.3) is 5.56 Å². The van der Waals surface area contributed by atoms with Crippen LogP contribution in [0.15, 0.2) is 9.59 Å². The van der Waals surface area contributed by atoms with E-state index in [1.807, 2.05) is 7.05 Å². The van der Waals surface area contributed by atoms with Gasteiger partial charge in [0.15, 0.2) is 11.2 Å². The molecule has 0 unspecified atom stereocenters. The molecule has 2 aliphatic rings. The van der Waals surface area contributed by atoms with E-state index in [4.69, 9.17) is 4.98 Å². The number of aromatic nitrogens is 4. The summed E-state index contributed by atoms with van der Waals surface area (Å²) in [7, 11) is 1.83. The molecule has 4 rings (SSSR count). The van der Waals surface area contributed by atoms with Crippen molar-refractivity contribution in [3.05, 3.63) is 26.7 Å². The summed E-state index contributed by atoms with van der Waals surface area (Å²) in [4.78, 5) is 46.6. The van der Waals surface area contributed by atoms with Crippen molar-refractivity contribution in [2.24, 2.45) is 7.05 Å². The van der Waals surface area contributed by atoms with Gasteiger partial charge in [0.2, 0.25) is 0 Å². The number of nitrogens with zero attached hydrogens (tertiary/aromatic N) is 4. The predicted octanol–water partition coefficient (Wildman–Crippen LogP) is 1.82. The van der Waals surface area contributed by atoms with Crippen LogP contribution in [-0.4, -0.2) is 55.2 Å². The smallest absolute Gasteiger partial charge is 0.330 e. The molecule has 10 nitrogen and oxygen atoms in total. The molecule has 182 valence electrons. The number of hydrogen-bond donors (Lipinski definition) is 3. The first-order chi connectivity index (χ1) is 16.0. The second-order valence-corrected chi connectivity index (χ2v) is 9.53. The summed E-state index contributed by atoms with van der Waals surface area (Å²) in [6, 6.07) is 0.446. The molecule has 2 aromatic heterocycles. The highest BCUT2D eigenvalue weighted by Crippen LogP contribution is 2.18. The molecule has 0 radical (unpaired) electrons. The van der Waals surface area contributed by atoms with Crippen LogP contribution in [0.5, 0.6) is 0 Å². The number of urea groups is 1. The number of piperidine rings is 1. The van der Waals surface area contributed by atoms with E-state index in [0.717, 1.165) is 57.4 Å². The lowest BCUT2D eigenvalue weighted by molar-refractivity contribution is 0.181. The minimum Gasteiger partial charge on any atom is -0.335 e. The number of unbranched alkanes of at least 4 members (excludes halogenated alkanes) is 1. The van der Waals surface area contributed by atoms with E-state index < -0.39 is 11.2 Å². The van der Waals surface area contributed by atoms with Gasteiger partial charge in [-0.3, -0.25) is 19.2 Å². The molecule has 1 saturated heterocycles. The summed E-state index contributed by atoms with van der Waals surface area (Å²) >= 11 is 0. The van der Waals surface area contributed by atoms with E-state index in [1.54, 1.807) is 9.13 Å². The number of aromatic amines is 1. The lowest BCUT2D eigenvalue weighted by Crippen LogP contribution is -2.50. The third-order valence-corrected chi connectivity index (χ3v) is 7.07. The van der Waals surface area contributed by atoms with Gasteiger partial charge in [-0.1, -0.05) is 32.6 Å². The Kier molecular flexibility index (Phi) is 7.52. The van der Waals surface area contributed by atoms with Crippen molar-refractivity contribution < 1.29 is 4.79 Å². The maximum atomic E-state index is 12.5. The zero-order valence-electron chi connectivity index (χ0n) is 19.9. The van der Waals surface area contributed by atoms with Gasteiger partial charge in [0, 0.05) is 38.8 Å². The number of imidazole rings is 1. The van der Waals surface area contributed by atoms with Crippen LogP contribution in [0, 0.1) is 0 Å². The fraction of sp³-hybridized carbons (Fsp3) is 0.739. The summed E-state index contributed by atoms with van der Waals surface area (Å²) < 4.78 is 3.38. The second kappa shape index (κ2) is 10.5. The van der Waals surface area contributed by atoms with Crippen LogP contribution in [0.25, 0.3) is 11.2 Å². The molecule has 1 saturated carbocycles. The number of nitrogens with one attached hydrogen (secondary N) is 3. The van der Waals surface area contributed by atoms with Gasteiger partial charge < -0.3 is 15.2 Å². The van der Waals surface area contributed by atoms with Crippen molar-refractivity contribution in [2.45, 2.75) is 89.9 Å². The van der Waals surface area contributed by atoms with Crippen LogP contribution >= 0.6 is 0 Å². The number of likely N-dealkylation sites (tertiary alicyclic amines) is 1. The Morgan fingerprint density at radius 3 is 2.39 bits per heavy atom.